The van der Waals surface area contributed by atoms with Gasteiger partial charge >= 0.3 is 0 Å². The molecular weight excluding hydrogens is 364 g/mol. The average Bonchev–Trinajstić information content (AvgIpc) is 2.66. The Labute approximate surface area is 161 Å². The van der Waals surface area contributed by atoms with Crippen LogP contribution in [0.3, 0.4) is 0 Å². The lowest BCUT2D eigenvalue weighted by molar-refractivity contribution is 0.0949. The van der Waals surface area contributed by atoms with Gasteiger partial charge in [-0.3, -0.25) is 9.59 Å². The molecule has 0 saturated heterocycles. The highest BCUT2D eigenvalue weighted by Crippen LogP contribution is 2.15. The van der Waals surface area contributed by atoms with Gasteiger partial charge in [-0.1, -0.05) is 41.9 Å². The van der Waals surface area contributed by atoms with Crippen molar-refractivity contribution in [1.82, 2.24) is 15.2 Å². The molecule has 3 aromatic rings. The van der Waals surface area contributed by atoms with Gasteiger partial charge in [-0.05, 0) is 44.5 Å². The van der Waals surface area contributed by atoms with Crippen molar-refractivity contribution in [2.45, 2.75) is 26.8 Å². The van der Waals surface area contributed by atoms with E-state index in [4.69, 9.17) is 11.6 Å². The van der Waals surface area contributed by atoms with Gasteiger partial charge in [-0.2, -0.15) is 10.2 Å². The molecule has 1 amide bonds. The largest absolute Gasteiger partial charge is 0.292 e. The average molecular weight is 383 g/mol. The zero-order valence-corrected chi connectivity index (χ0v) is 16.0. The summed E-state index contributed by atoms with van der Waals surface area (Å²) in [6, 6.07) is 13.9. The lowest BCUT2D eigenvalue weighted by Gasteiger charge is -2.12. The van der Waals surface area contributed by atoms with Gasteiger partial charge in [-0.15, -0.1) is 0 Å². The summed E-state index contributed by atoms with van der Waals surface area (Å²) in [5.41, 5.74) is 3.93. The minimum atomic E-state index is -0.478. The van der Waals surface area contributed by atoms with Crippen molar-refractivity contribution in [3.63, 3.8) is 0 Å². The van der Waals surface area contributed by atoms with E-state index in [-0.39, 0.29) is 17.3 Å². The summed E-state index contributed by atoms with van der Waals surface area (Å²) >= 11 is 5.89. The molecule has 0 fully saturated rings. The number of aromatic nitrogens is 2. The number of rotatable bonds is 4. The number of nitrogens with one attached hydrogen (secondary N) is 1. The summed E-state index contributed by atoms with van der Waals surface area (Å²) in [6.07, 6.45) is 0. The third kappa shape index (κ3) is 3.90. The predicted molar refractivity (Wildman–Crippen MR) is 108 cm³/mol. The molecule has 0 aliphatic carbocycles. The lowest BCUT2D eigenvalue weighted by Crippen LogP contribution is -2.30. The number of hydrogen-bond donors (Lipinski definition) is 1. The third-order valence-corrected chi connectivity index (χ3v) is 4.37. The highest BCUT2D eigenvalue weighted by molar-refractivity contribution is 6.30. The normalized spacial score (nSPS) is 11.8. The molecule has 0 aliphatic heterocycles. The Kier molecular flexibility index (Phi) is 5.37. The first-order valence-corrected chi connectivity index (χ1v) is 8.88. The number of benzene rings is 2. The SMILES string of the molecule is C/C(=N/NC(=O)c1nn(C(C)C)c(=O)c2ccccc12)c1ccc(Cl)cc1. The minimum absolute atomic E-state index is 0.159. The Morgan fingerprint density at radius 2 is 1.74 bits per heavy atom. The highest BCUT2D eigenvalue weighted by atomic mass is 35.5. The number of amides is 1. The van der Waals surface area contributed by atoms with Crippen LogP contribution in [-0.4, -0.2) is 21.4 Å². The number of hydrazone groups is 1. The lowest BCUT2D eigenvalue weighted by atomic mass is 10.1. The first-order valence-electron chi connectivity index (χ1n) is 8.50. The van der Waals surface area contributed by atoms with Crippen LogP contribution in [0.1, 0.15) is 42.9 Å². The summed E-state index contributed by atoms with van der Waals surface area (Å²) in [4.78, 5) is 25.3. The minimum Gasteiger partial charge on any atom is -0.267 e. The van der Waals surface area contributed by atoms with Crippen molar-refractivity contribution in [2.75, 3.05) is 0 Å². The second-order valence-corrected chi connectivity index (χ2v) is 6.82. The van der Waals surface area contributed by atoms with Crippen molar-refractivity contribution in [3.8, 4) is 0 Å². The first kappa shape index (κ1) is 18.8. The molecule has 2 aromatic carbocycles. The Bertz CT molecular complexity index is 1090. The van der Waals surface area contributed by atoms with Crippen LogP contribution in [-0.2, 0) is 0 Å². The molecule has 0 radical (unpaired) electrons. The molecule has 6 nitrogen and oxygen atoms in total. The molecule has 7 heteroatoms. The Morgan fingerprint density at radius 1 is 1.11 bits per heavy atom. The van der Waals surface area contributed by atoms with Crippen LogP contribution >= 0.6 is 11.6 Å². The zero-order chi connectivity index (χ0) is 19.6. The molecule has 0 bridgehead atoms. The number of fused-ring (bicyclic) bond motifs is 1. The second-order valence-electron chi connectivity index (χ2n) is 6.38. The van der Waals surface area contributed by atoms with Crippen molar-refractivity contribution < 1.29 is 4.79 Å². The monoisotopic (exact) mass is 382 g/mol. The Hall–Kier alpha value is -2.99. The Morgan fingerprint density at radius 3 is 2.37 bits per heavy atom. The van der Waals surface area contributed by atoms with E-state index in [2.05, 4.69) is 15.6 Å². The van der Waals surface area contributed by atoms with E-state index in [1.165, 1.54) is 4.68 Å². The zero-order valence-electron chi connectivity index (χ0n) is 15.2. The molecule has 0 aliphatic rings. The maximum Gasteiger partial charge on any atom is 0.292 e. The van der Waals surface area contributed by atoms with Crippen molar-refractivity contribution in [2.24, 2.45) is 5.10 Å². The summed E-state index contributed by atoms with van der Waals surface area (Å²) in [6.45, 7) is 5.46. The molecule has 27 heavy (non-hydrogen) atoms. The molecule has 3 rings (SSSR count). The van der Waals surface area contributed by atoms with Crippen molar-refractivity contribution in [3.05, 3.63) is 75.2 Å². The molecule has 0 spiro atoms. The van der Waals surface area contributed by atoms with E-state index in [0.717, 1.165) is 5.56 Å². The fourth-order valence-electron chi connectivity index (χ4n) is 2.67. The van der Waals surface area contributed by atoms with Crippen molar-refractivity contribution >= 4 is 34.0 Å². The van der Waals surface area contributed by atoms with Gasteiger partial charge in [0.2, 0.25) is 0 Å². The van der Waals surface area contributed by atoms with Gasteiger partial charge in [0.1, 0.15) is 0 Å². The fourth-order valence-corrected chi connectivity index (χ4v) is 2.79. The van der Waals surface area contributed by atoms with Crippen LogP contribution in [0.2, 0.25) is 5.02 Å². The van der Waals surface area contributed by atoms with Gasteiger partial charge in [0.25, 0.3) is 11.5 Å². The second kappa shape index (κ2) is 7.72. The van der Waals surface area contributed by atoms with Gasteiger partial charge < -0.3 is 0 Å². The molecule has 0 saturated carbocycles. The number of carbonyl (C=O) groups is 1. The molecule has 138 valence electrons. The number of carbonyl (C=O) groups excluding carboxylic acids is 1. The van der Waals surface area contributed by atoms with Crippen LogP contribution in [0.15, 0.2) is 58.4 Å². The van der Waals surface area contributed by atoms with E-state index < -0.39 is 5.91 Å². The molecular formula is C20H19ClN4O2. The van der Waals surface area contributed by atoms with Gasteiger partial charge in [0.15, 0.2) is 5.69 Å². The smallest absolute Gasteiger partial charge is 0.267 e. The van der Waals surface area contributed by atoms with E-state index in [0.29, 0.717) is 21.5 Å². The van der Waals surface area contributed by atoms with Crippen LogP contribution in [0.4, 0.5) is 0 Å². The van der Waals surface area contributed by atoms with Gasteiger partial charge in [0, 0.05) is 10.4 Å². The van der Waals surface area contributed by atoms with E-state index in [9.17, 15) is 9.59 Å². The summed E-state index contributed by atoms with van der Waals surface area (Å²) in [5, 5.41) is 9.99. The van der Waals surface area contributed by atoms with E-state index >= 15 is 0 Å². The first-order chi connectivity index (χ1) is 12.9. The summed E-state index contributed by atoms with van der Waals surface area (Å²) in [5.74, 6) is -0.478. The predicted octanol–water partition coefficient (Wildman–Crippen LogP) is 3.78. The molecule has 0 atom stereocenters. The maximum absolute atomic E-state index is 12.7. The standard InChI is InChI=1S/C20H19ClN4O2/c1-12(2)25-20(27)17-7-5-4-6-16(17)18(24-25)19(26)23-22-13(3)14-8-10-15(21)11-9-14/h4-12H,1-3H3,(H,23,26)/b22-13-. The van der Waals surface area contributed by atoms with E-state index in [1.54, 1.807) is 43.3 Å². The molecule has 1 N–H and O–H groups in total. The highest BCUT2D eigenvalue weighted by Gasteiger charge is 2.17. The number of nitrogens with zero attached hydrogens (tertiary/aromatic N) is 3. The number of hydrogen-bond acceptors (Lipinski definition) is 4. The topological polar surface area (TPSA) is 76.3 Å². The van der Waals surface area contributed by atoms with Crippen LogP contribution < -0.4 is 11.0 Å². The molecule has 0 unspecified atom stereocenters. The van der Waals surface area contributed by atoms with E-state index in [1.807, 2.05) is 26.0 Å². The summed E-state index contributed by atoms with van der Waals surface area (Å²) < 4.78 is 1.31. The molecule has 1 aromatic heterocycles. The van der Waals surface area contributed by atoms with Crippen LogP contribution in [0.25, 0.3) is 10.8 Å². The maximum atomic E-state index is 12.7. The van der Waals surface area contributed by atoms with Gasteiger partial charge in [0.05, 0.1) is 17.1 Å². The Balaban J connectivity index is 1.98. The quantitative estimate of drug-likeness (QED) is 0.551. The molecule has 1 heterocycles. The van der Waals surface area contributed by atoms with Crippen LogP contribution in [0.5, 0.6) is 0 Å². The fraction of sp³-hybridized carbons (Fsp3) is 0.200. The van der Waals surface area contributed by atoms with Crippen molar-refractivity contribution in [1.29, 1.82) is 0 Å². The number of halogens is 1. The third-order valence-electron chi connectivity index (χ3n) is 4.12. The summed E-state index contributed by atoms with van der Waals surface area (Å²) in [7, 11) is 0. The van der Waals surface area contributed by atoms with Crippen LogP contribution in [0, 0.1) is 0 Å². The van der Waals surface area contributed by atoms with Gasteiger partial charge in [-0.25, -0.2) is 10.1 Å².